The Morgan fingerprint density at radius 3 is 1.98 bits per heavy atom. The van der Waals surface area contributed by atoms with Gasteiger partial charge in [-0.2, -0.15) is 26.3 Å². The van der Waals surface area contributed by atoms with Crippen LogP contribution < -0.4 is 14.8 Å². The number of nitrogens with one attached hydrogen (secondary N) is 1. The zero-order chi connectivity index (χ0) is 34.7. The van der Waals surface area contributed by atoms with Gasteiger partial charge in [0, 0.05) is 30.9 Å². The van der Waals surface area contributed by atoms with Crippen LogP contribution in [-0.4, -0.2) is 82.0 Å². The molecule has 0 aliphatic carbocycles. The summed E-state index contributed by atoms with van der Waals surface area (Å²) in [4.78, 5) is 32.9. The number of aliphatic hydroxyl groups is 1. The Morgan fingerprint density at radius 1 is 0.935 bits per heavy atom. The average molecular weight is 663 g/mol. The second-order valence-corrected chi connectivity index (χ2v) is 9.40. The van der Waals surface area contributed by atoms with E-state index >= 15 is 0 Å². The molecule has 0 bridgehead atoms. The number of carboxylic acid groups (broad SMARTS) is 3. The van der Waals surface area contributed by atoms with Crippen LogP contribution in [0, 0.1) is 0 Å². The summed E-state index contributed by atoms with van der Waals surface area (Å²) in [5, 5.41) is 36.9. The lowest BCUT2D eigenvalue weighted by atomic mass is 9.96. The minimum Gasteiger partial charge on any atom is -0.489 e. The van der Waals surface area contributed by atoms with E-state index in [0.29, 0.717) is 19.0 Å². The Kier molecular flexibility index (Phi) is 13.3. The van der Waals surface area contributed by atoms with Gasteiger partial charge in [-0.1, -0.05) is 18.2 Å². The third-order valence-electron chi connectivity index (χ3n) is 6.10. The molecule has 1 aliphatic heterocycles. The molecule has 1 aromatic heterocycles. The largest absolute Gasteiger partial charge is 0.490 e. The number of nitrogens with zero attached hydrogens (tertiary/aromatic N) is 1. The lowest BCUT2D eigenvalue weighted by Crippen LogP contribution is -2.36. The molecule has 11 nitrogen and oxygen atoms in total. The van der Waals surface area contributed by atoms with Crippen molar-refractivity contribution in [1.29, 1.82) is 0 Å². The second-order valence-electron chi connectivity index (χ2n) is 9.40. The number of aryl methyl sites for hydroxylation is 1. The first-order chi connectivity index (χ1) is 21.4. The van der Waals surface area contributed by atoms with Gasteiger partial charge in [-0.15, -0.1) is 0 Å². The number of hydrogen-bond donors (Lipinski definition) is 5. The molecule has 1 unspecified atom stereocenters. The summed E-state index contributed by atoms with van der Waals surface area (Å²) in [5.74, 6) is -5.05. The van der Waals surface area contributed by atoms with Gasteiger partial charge in [0.05, 0.1) is 18.8 Å². The first-order valence-electron chi connectivity index (χ1n) is 13.0. The Labute approximate surface area is 257 Å². The molecule has 17 heteroatoms. The van der Waals surface area contributed by atoms with Crippen molar-refractivity contribution in [1.82, 2.24) is 10.3 Å². The van der Waals surface area contributed by atoms with E-state index in [4.69, 9.17) is 34.4 Å². The highest BCUT2D eigenvalue weighted by Crippen LogP contribution is 2.32. The summed E-state index contributed by atoms with van der Waals surface area (Å²) < 4.78 is 74.7. The highest BCUT2D eigenvalue weighted by Gasteiger charge is 2.38. The van der Waals surface area contributed by atoms with Crippen LogP contribution in [-0.2, 0) is 16.0 Å². The molecule has 2 heterocycles. The smallest absolute Gasteiger partial charge is 0.489 e. The molecule has 0 saturated carbocycles. The number of alkyl halides is 6. The number of aliphatic carboxylic acids is 2. The molecule has 250 valence electrons. The van der Waals surface area contributed by atoms with E-state index in [-0.39, 0.29) is 11.7 Å². The van der Waals surface area contributed by atoms with Gasteiger partial charge >= 0.3 is 30.3 Å². The third kappa shape index (κ3) is 11.9. The number of ether oxygens (including phenoxy) is 2. The van der Waals surface area contributed by atoms with Gasteiger partial charge in [-0.3, -0.25) is 0 Å². The van der Waals surface area contributed by atoms with Gasteiger partial charge in [0.1, 0.15) is 11.9 Å². The Hall–Kier alpha value is -4.90. The maximum atomic E-state index is 11.0. The van der Waals surface area contributed by atoms with E-state index in [1.807, 2.05) is 24.3 Å². The summed E-state index contributed by atoms with van der Waals surface area (Å²) in [6, 6.07) is 16.5. The molecule has 0 fully saturated rings. The number of rotatable bonds is 8. The molecular formula is C29H28F6N2O9. The first kappa shape index (κ1) is 37.3. The number of carboxylic acids is 3. The molecule has 0 amide bonds. The maximum absolute atomic E-state index is 11.0. The van der Waals surface area contributed by atoms with Gasteiger partial charge < -0.3 is 35.2 Å². The molecule has 1 aliphatic rings. The fraction of sp³-hybridized carbons (Fsp3) is 0.310. The number of pyridine rings is 1. The molecule has 46 heavy (non-hydrogen) atoms. The fourth-order valence-electron chi connectivity index (χ4n) is 3.78. The summed E-state index contributed by atoms with van der Waals surface area (Å²) in [6.45, 7) is 1.05. The van der Waals surface area contributed by atoms with E-state index in [9.17, 15) is 36.2 Å². The minimum absolute atomic E-state index is 0.0318. The molecule has 2 aromatic carbocycles. The normalized spacial score (nSPS) is 14.6. The van der Waals surface area contributed by atoms with Gasteiger partial charge in [-0.05, 0) is 59.9 Å². The van der Waals surface area contributed by atoms with Crippen molar-refractivity contribution in [2.45, 2.75) is 37.4 Å². The van der Waals surface area contributed by atoms with Crippen LogP contribution >= 0.6 is 0 Å². The number of aromatic carboxylic acids is 1. The van der Waals surface area contributed by atoms with Gasteiger partial charge in [0.15, 0.2) is 0 Å². The van der Waals surface area contributed by atoms with Crippen LogP contribution in [0.5, 0.6) is 11.6 Å². The number of benzene rings is 2. The summed E-state index contributed by atoms with van der Waals surface area (Å²) >= 11 is 0. The van der Waals surface area contributed by atoms with E-state index in [2.05, 4.69) is 16.4 Å². The number of halogens is 6. The Balaban J connectivity index is 0.000000440. The van der Waals surface area contributed by atoms with Crippen LogP contribution in [0.3, 0.4) is 0 Å². The highest BCUT2D eigenvalue weighted by molar-refractivity contribution is 5.88. The molecular weight excluding hydrogens is 634 g/mol. The number of hydrogen-bond acceptors (Lipinski definition) is 8. The highest BCUT2D eigenvalue weighted by atomic mass is 19.4. The van der Waals surface area contributed by atoms with E-state index in [0.717, 1.165) is 40.8 Å². The van der Waals surface area contributed by atoms with Crippen molar-refractivity contribution >= 4 is 17.9 Å². The second kappa shape index (κ2) is 16.4. The van der Waals surface area contributed by atoms with Crippen molar-refractivity contribution in [2.75, 3.05) is 20.2 Å². The number of aromatic nitrogens is 1. The monoisotopic (exact) mass is 662 g/mol. The van der Waals surface area contributed by atoms with Crippen molar-refractivity contribution in [2.24, 2.45) is 0 Å². The molecule has 3 aromatic rings. The minimum atomic E-state index is -5.08. The summed E-state index contributed by atoms with van der Waals surface area (Å²) in [5.41, 5.74) is 4.17. The summed E-state index contributed by atoms with van der Waals surface area (Å²) in [6.07, 6.45) is -7.40. The summed E-state index contributed by atoms with van der Waals surface area (Å²) in [7, 11) is 1.56. The SMILES string of the molecule is COc1ccc(C(O)CNC[C@H]2CCc3cc(-c4ccc(C(=O)O)cc4)ccc3O2)cn1.O=C(O)C(F)(F)F.O=C(O)C(F)(F)F. The molecule has 5 N–H and O–H groups in total. The lowest BCUT2D eigenvalue weighted by Gasteiger charge is -2.27. The van der Waals surface area contributed by atoms with Crippen LogP contribution in [0.15, 0.2) is 60.8 Å². The third-order valence-corrected chi connectivity index (χ3v) is 6.10. The predicted molar refractivity (Wildman–Crippen MR) is 148 cm³/mol. The number of methoxy groups -OCH3 is 1. The van der Waals surface area contributed by atoms with Crippen molar-refractivity contribution < 1.29 is 70.6 Å². The van der Waals surface area contributed by atoms with Crippen LogP contribution in [0.4, 0.5) is 26.3 Å². The zero-order valence-corrected chi connectivity index (χ0v) is 23.8. The quantitative estimate of drug-likeness (QED) is 0.211. The van der Waals surface area contributed by atoms with Crippen LogP contribution in [0.1, 0.15) is 34.0 Å². The van der Waals surface area contributed by atoms with E-state index in [1.54, 1.807) is 37.6 Å². The number of aliphatic hydroxyl groups excluding tert-OH is 1. The molecule has 4 rings (SSSR count). The number of fused-ring (bicyclic) bond motifs is 1. The van der Waals surface area contributed by atoms with E-state index < -0.39 is 36.4 Å². The van der Waals surface area contributed by atoms with Crippen molar-refractivity contribution in [3.05, 3.63) is 77.5 Å². The molecule has 0 radical (unpaired) electrons. The van der Waals surface area contributed by atoms with Crippen molar-refractivity contribution in [3.8, 4) is 22.8 Å². The standard InChI is InChI=1S/C25H26N2O5.2C2HF3O2/c1-31-24-11-8-20(13-27-24)22(28)15-26-14-21-9-6-19-12-18(7-10-23(19)32-21)16-2-4-17(5-3-16)25(29)30;2*3-2(4,5)1(6)7/h2-5,7-8,10-13,21-22,26,28H,6,9,14-15H2,1H3,(H,29,30);2*(H,6,7)/t21-,22?;;/m1../s1. The maximum Gasteiger partial charge on any atom is 0.490 e. The fourth-order valence-corrected chi connectivity index (χ4v) is 3.78. The molecule has 0 spiro atoms. The molecule has 0 saturated heterocycles. The van der Waals surface area contributed by atoms with Crippen molar-refractivity contribution in [3.63, 3.8) is 0 Å². The van der Waals surface area contributed by atoms with Crippen LogP contribution in [0.2, 0.25) is 0 Å². The lowest BCUT2D eigenvalue weighted by molar-refractivity contribution is -0.193. The Morgan fingerprint density at radius 2 is 1.50 bits per heavy atom. The van der Waals surface area contributed by atoms with Crippen LogP contribution in [0.25, 0.3) is 11.1 Å². The zero-order valence-electron chi connectivity index (χ0n) is 23.8. The average Bonchev–Trinajstić information content (AvgIpc) is 3.00. The molecule has 2 atom stereocenters. The van der Waals surface area contributed by atoms with Gasteiger partial charge in [0.2, 0.25) is 5.88 Å². The Bertz CT molecular complexity index is 1440. The van der Waals surface area contributed by atoms with Gasteiger partial charge in [0.25, 0.3) is 0 Å². The predicted octanol–water partition coefficient (Wildman–Crippen LogP) is 4.74. The topological polar surface area (TPSA) is 176 Å². The van der Waals surface area contributed by atoms with Gasteiger partial charge in [-0.25, -0.2) is 19.4 Å². The van der Waals surface area contributed by atoms with E-state index in [1.165, 1.54) is 0 Å². The number of carbonyl (C=O) groups is 3. The first-order valence-corrected chi connectivity index (χ1v) is 13.0.